The van der Waals surface area contributed by atoms with Gasteiger partial charge in [-0.15, -0.1) is 11.3 Å². The summed E-state index contributed by atoms with van der Waals surface area (Å²) < 4.78 is 6.47. The average Bonchev–Trinajstić information content (AvgIpc) is 2.86. The summed E-state index contributed by atoms with van der Waals surface area (Å²) in [6, 6.07) is 0. The van der Waals surface area contributed by atoms with Gasteiger partial charge in [-0.05, 0) is 0 Å². The monoisotopic (exact) mass is 237 g/mol. The first-order valence-corrected chi connectivity index (χ1v) is 5.57. The van der Waals surface area contributed by atoms with Crippen molar-refractivity contribution in [2.45, 2.75) is 6.42 Å². The summed E-state index contributed by atoms with van der Waals surface area (Å²) in [5, 5.41) is 2.66. The minimum absolute atomic E-state index is 0.206. The second-order valence-corrected chi connectivity index (χ2v) is 4.12. The normalized spacial score (nSPS) is 10.4. The van der Waals surface area contributed by atoms with Crippen LogP contribution in [0.5, 0.6) is 0 Å². The smallest absolute Gasteiger partial charge is 0.311 e. The molecule has 0 aliphatic rings. The number of esters is 1. The topological polar surface area (TPSA) is 57.0 Å². The zero-order valence-electron chi connectivity index (χ0n) is 9.01. The van der Waals surface area contributed by atoms with Crippen molar-refractivity contribution in [3.63, 3.8) is 0 Å². The third kappa shape index (κ3) is 2.11. The molecule has 0 N–H and O–H groups in total. The molecule has 84 valence electrons. The van der Waals surface area contributed by atoms with Crippen molar-refractivity contribution < 1.29 is 9.53 Å². The Bertz CT molecular complexity index is 504. The molecule has 0 amide bonds. The third-order valence-electron chi connectivity index (χ3n) is 2.12. The Labute approximate surface area is 96.7 Å². The number of rotatable bonds is 3. The van der Waals surface area contributed by atoms with E-state index < -0.39 is 0 Å². The van der Waals surface area contributed by atoms with Crippen LogP contribution in [0.3, 0.4) is 0 Å². The Hall–Kier alpha value is -1.69. The van der Waals surface area contributed by atoms with Crippen molar-refractivity contribution in [1.29, 1.82) is 0 Å². The van der Waals surface area contributed by atoms with E-state index in [1.807, 2.05) is 23.2 Å². The number of hydrogen-bond acceptors (Lipinski definition) is 5. The molecule has 0 atom stereocenters. The first-order chi connectivity index (χ1) is 7.70. The van der Waals surface area contributed by atoms with Gasteiger partial charge in [-0.2, -0.15) is 0 Å². The van der Waals surface area contributed by atoms with Crippen LogP contribution in [-0.2, 0) is 23.0 Å². The Morgan fingerprint density at radius 2 is 2.44 bits per heavy atom. The van der Waals surface area contributed by atoms with E-state index in [2.05, 4.69) is 14.7 Å². The summed E-state index contributed by atoms with van der Waals surface area (Å²) >= 11 is 1.47. The van der Waals surface area contributed by atoms with Crippen LogP contribution in [0.2, 0.25) is 0 Å². The van der Waals surface area contributed by atoms with Gasteiger partial charge < -0.3 is 9.30 Å². The highest BCUT2D eigenvalue weighted by molar-refractivity contribution is 7.13. The standard InChI is InChI=1S/C10H11N3O2S/c1-13-4-3-11-9(13)10-12-7(6-16-10)5-8(14)15-2/h3-4,6H,5H2,1-2H3. The Morgan fingerprint density at radius 3 is 3.06 bits per heavy atom. The van der Waals surface area contributed by atoms with Crippen LogP contribution in [0, 0.1) is 0 Å². The fourth-order valence-corrected chi connectivity index (χ4v) is 2.14. The zero-order valence-corrected chi connectivity index (χ0v) is 9.82. The van der Waals surface area contributed by atoms with E-state index in [0.717, 1.165) is 16.5 Å². The summed E-state index contributed by atoms with van der Waals surface area (Å²) in [6.07, 6.45) is 3.78. The molecule has 0 aliphatic heterocycles. The quantitative estimate of drug-likeness (QED) is 0.754. The van der Waals surface area contributed by atoms with Crippen molar-refractivity contribution in [3.8, 4) is 10.8 Å². The molecule has 2 rings (SSSR count). The molecule has 2 aromatic rings. The maximum atomic E-state index is 11.1. The highest BCUT2D eigenvalue weighted by Gasteiger charge is 2.11. The van der Waals surface area contributed by atoms with E-state index in [-0.39, 0.29) is 12.4 Å². The van der Waals surface area contributed by atoms with Gasteiger partial charge in [0, 0.05) is 24.8 Å². The maximum absolute atomic E-state index is 11.1. The van der Waals surface area contributed by atoms with Gasteiger partial charge in [-0.3, -0.25) is 4.79 Å². The number of carbonyl (C=O) groups is 1. The van der Waals surface area contributed by atoms with Crippen molar-refractivity contribution >= 4 is 17.3 Å². The predicted octanol–water partition coefficient (Wildman–Crippen LogP) is 1.26. The van der Waals surface area contributed by atoms with Gasteiger partial charge in [-0.1, -0.05) is 0 Å². The first-order valence-electron chi connectivity index (χ1n) is 4.69. The molecule has 2 aromatic heterocycles. The molecule has 5 nitrogen and oxygen atoms in total. The van der Waals surface area contributed by atoms with Gasteiger partial charge in [0.1, 0.15) is 0 Å². The molecule has 0 spiro atoms. The molecule has 0 unspecified atom stereocenters. The lowest BCUT2D eigenvalue weighted by Crippen LogP contribution is -2.04. The SMILES string of the molecule is COC(=O)Cc1csc(-c2nccn2C)n1. The number of carbonyl (C=O) groups excluding carboxylic acids is 1. The largest absolute Gasteiger partial charge is 0.469 e. The number of hydrogen-bond donors (Lipinski definition) is 0. The first kappa shape index (κ1) is 10.8. The van der Waals surface area contributed by atoms with Crippen molar-refractivity contribution in [2.75, 3.05) is 7.11 Å². The summed E-state index contributed by atoms with van der Waals surface area (Å²) in [7, 11) is 3.28. The molecule has 0 aliphatic carbocycles. The molecule has 16 heavy (non-hydrogen) atoms. The number of aromatic nitrogens is 3. The molecule has 0 saturated heterocycles. The van der Waals surface area contributed by atoms with Gasteiger partial charge in [0.2, 0.25) is 0 Å². The fourth-order valence-electron chi connectivity index (χ4n) is 1.28. The summed E-state index contributed by atoms with van der Waals surface area (Å²) in [5.41, 5.74) is 0.717. The lowest BCUT2D eigenvalue weighted by atomic mass is 10.3. The molecule has 0 saturated carbocycles. The summed E-state index contributed by atoms with van der Waals surface area (Å²) in [4.78, 5) is 19.6. The number of nitrogens with zero attached hydrogens (tertiary/aromatic N) is 3. The van der Waals surface area contributed by atoms with Gasteiger partial charge in [0.15, 0.2) is 10.8 Å². The Morgan fingerprint density at radius 1 is 1.62 bits per heavy atom. The summed E-state index contributed by atoms with van der Waals surface area (Å²) in [6.45, 7) is 0. The van der Waals surface area contributed by atoms with Crippen LogP contribution >= 0.6 is 11.3 Å². The minimum atomic E-state index is -0.281. The van der Waals surface area contributed by atoms with E-state index in [1.165, 1.54) is 18.4 Å². The van der Waals surface area contributed by atoms with Crippen molar-refractivity contribution in [1.82, 2.24) is 14.5 Å². The highest BCUT2D eigenvalue weighted by atomic mass is 32.1. The van der Waals surface area contributed by atoms with E-state index in [9.17, 15) is 4.79 Å². The van der Waals surface area contributed by atoms with Crippen LogP contribution in [-0.4, -0.2) is 27.6 Å². The fraction of sp³-hybridized carbons (Fsp3) is 0.300. The molecule has 2 heterocycles. The van der Waals surface area contributed by atoms with Crippen LogP contribution in [0.15, 0.2) is 17.8 Å². The van der Waals surface area contributed by atoms with Crippen LogP contribution in [0.4, 0.5) is 0 Å². The molecule has 6 heteroatoms. The van der Waals surface area contributed by atoms with Crippen LogP contribution in [0.25, 0.3) is 10.8 Å². The van der Waals surface area contributed by atoms with Gasteiger partial charge >= 0.3 is 5.97 Å². The second kappa shape index (κ2) is 4.44. The van der Waals surface area contributed by atoms with Crippen LogP contribution in [0.1, 0.15) is 5.69 Å². The van der Waals surface area contributed by atoms with Crippen LogP contribution < -0.4 is 0 Å². The number of aryl methyl sites for hydroxylation is 1. The van der Waals surface area contributed by atoms with Crippen molar-refractivity contribution in [2.24, 2.45) is 7.05 Å². The van der Waals surface area contributed by atoms with E-state index >= 15 is 0 Å². The van der Waals surface area contributed by atoms with Gasteiger partial charge in [-0.25, -0.2) is 9.97 Å². The number of ether oxygens (including phenoxy) is 1. The predicted molar refractivity (Wildman–Crippen MR) is 60.0 cm³/mol. The Kier molecular flexibility index (Phi) is 3.00. The molecular weight excluding hydrogens is 226 g/mol. The number of methoxy groups -OCH3 is 1. The highest BCUT2D eigenvalue weighted by Crippen LogP contribution is 2.21. The lowest BCUT2D eigenvalue weighted by Gasteiger charge is -1.96. The number of thiazole rings is 1. The molecule has 0 aromatic carbocycles. The van der Waals surface area contributed by atoms with Gasteiger partial charge in [0.05, 0.1) is 19.2 Å². The average molecular weight is 237 g/mol. The molecule has 0 radical (unpaired) electrons. The molecular formula is C10H11N3O2S. The lowest BCUT2D eigenvalue weighted by molar-refractivity contribution is -0.139. The molecule has 0 bridgehead atoms. The number of imidazole rings is 1. The maximum Gasteiger partial charge on any atom is 0.311 e. The van der Waals surface area contributed by atoms with Gasteiger partial charge in [0.25, 0.3) is 0 Å². The third-order valence-corrected chi connectivity index (χ3v) is 3.00. The minimum Gasteiger partial charge on any atom is -0.469 e. The van der Waals surface area contributed by atoms with E-state index in [0.29, 0.717) is 0 Å². The zero-order chi connectivity index (χ0) is 11.5. The van der Waals surface area contributed by atoms with E-state index in [1.54, 1.807) is 6.20 Å². The summed E-state index contributed by atoms with van der Waals surface area (Å²) in [5.74, 6) is 0.526. The molecule has 0 fully saturated rings. The van der Waals surface area contributed by atoms with Crippen molar-refractivity contribution in [3.05, 3.63) is 23.5 Å². The van der Waals surface area contributed by atoms with E-state index in [4.69, 9.17) is 0 Å². The Balaban J connectivity index is 2.20. The second-order valence-electron chi connectivity index (χ2n) is 3.26.